The Kier molecular flexibility index (Phi) is 5.68. The van der Waals surface area contributed by atoms with Crippen molar-refractivity contribution in [3.8, 4) is 5.75 Å². The van der Waals surface area contributed by atoms with Crippen LogP contribution < -0.4 is 20.7 Å². The van der Waals surface area contributed by atoms with Crippen molar-refractivity contribution in [1.29, 1.82) is 0 Å². The lowest BCUT2D eigenvalue weighted by molar-refractivity contribution is -0.115. The van der Waals surface area contributed by atoms with Crippen molar-refractivity contribution in [3.63, 3.8) is 0 Å². The Morgan fingerprint density at radius 3 is 2.85 bits per heavy atom. The van der Waals surface area contributed by atoms with Gasteiger partial charge in [0.1, 0.15) is 17.7 Å². The van der Waals surface area contributed by atoms with Crippen LogP contribution in [0.1, 0.15) is 5.56 Å². The smallest absolute Gasteiger partial charge is 0.243 e. The highest BCUT2D eigenvalue weighted by molar-refractivity contribution is 5.94. The number of amides is 1. The van der Waals surface area contributed by atoms with Crippen molar-refractivity contribution in [1.82, 2.24) is 10.6 Å². The van der Waals surface area contributed by atoms with E-state index in [0.29, 0.717) is 18.2 Å². The average molecular weight is 356 g/mol. The normalized spacial score (nSPS) is 15.8. The van der Waals surface area contributed by atoms with Crippen molar-refractivity contribution in [2.45, 2.75) is 12.5 Å². The molecule has 1 unspecified atom stereocenters. The summed E-state index contributed by atoms with van der Waals surface area (Å²) in [6, 6.07) is 13.7. The predicted molar refractivity (Wildman–Crippen MR) is 99.0 cm³/mol. The lowest BCUT2D eigenvalue weighted by atomic mass is 10.1. The standard InChI is InChI=1S/C19H21FN4O2/c1-21-19(22-11-16-9-13-5-2-3-8-17(13)26-16)23-12-18(25)24-15-7-4-6-14(20)10-15/h2-8,10,16H,9,11-12H2,1H3,(H,24,25)(H2,21,22,23). The van der Waals surface area contributed by atoms with E-state index in [9.17, 15) is 9.18 Å². The number of guanidine groups is 1. The quantitative estimate of drug-likeness (QED) is 0.565. The lowest BCUT2D eigenvalue weighted by Gasteiger charge is -2.15. The molecular weight excluding hydrogens is 335 g/mol. The fourth-order valence-corrected chi connectivity index (χ4v) is 2.73. The second-order valence-electron chi connectivity index (χ2n) is 5.92. The number of anilines is 1. The molecule has 1 amide bonds. The van der Waals surface area contributed by atoms with Gasteiger partial charge < -0.3 is 20.7 Å². The van der Waals surface area contributed by atoms with E-state index < -0.39 is 5.82 Å². The molecule has 0 saturated carbocycles. The third kappa shape index (κ3) is 4.72. The Balaban J connectivity index is 1.42. The summed E-state index contributed by atoms with van der Waals surface area (Å²) in [5.41, 5.74) is 1.61. The summed E-state index contributed by atoms with van der Waals surface area (Å²) >= 11 is 0. The van der Waals surface area contributed by atoms with Crippen LogP contribution in [0.5, 0.6) is 5.75 Å². The number of nitrogens with zero attached hydrogens (tertiary/aromatic N) is 1. The predicted octanol–water partition coefficient (Wildman–Crippen LogP) is 1.93. The first-order valence-corrected chi connectivity index (χ1v) is 8.38. The van der Waals surface area contributed by atoms with E-state index in [1.165, 1.54) is 17.7 Å². The molecule has 1 aliphatic heterocycles. The summed E-state index contributed by atoms with van der Waals surface area (Å²) in [4.78, 5) is 16.0. The van der Waals surface area contributed by atoms with E-state index >= 15 is 0 Å². The average Bonchev–Trinajstić information content (AvgIpc) is 3.05. The summed E-state index contributed by atoms with van der Waals surface area (Å²) in [7, 11) is 1.63. The molecule has 136 valence electrons. The molecule has 0 fully saturated rings. The van der Waals surface area contributed by atoms with Crippen LogP contribution >= 0.6 is 0 Å². The minimum absolute atomic E-state index is 0.0158. The Bertz CT molecular complexity index is 785. The van der Waals surface area contributed by atoms with Gasteiger partial charge in [-0.2, -0.15) is 0 Å². The second-order valence-corrected chi connectivity index (χ2v) is 5.92. The number of aliphatic imine (C=N–C) groups is 1. The van der Waals surface area contributed by atoms with Gasteiger partial charge in [0.2, 0.25) is 5.91 Å². The van der Waals surface area contributed by atoms with Crippen LogP contribution in [0.3, 0.4) is 0 Å². The molecule has 0 spiro atoms. The molecule has 3 rings (SSSR count). The number of nitrogens with one attached hydrogen (secondary N) is 3. The third-order valence-corrected chi connectivity index (χ3v) is 3.96. The first-order chi connectivity index (χ1) is 12.6. The maximum atomic E-state index is 13.1. The summed E-state index contributed by atoms with van der Waals surface area (Å²) < 4.78 is 19.0. The Hall–Kier alpha value is -3.09. The van der Waals surface area contributed by atoms with E-state index in [-0.39, 0.29) is 18.6 Å². The number of carbonyl (C=O) groups excluding carboxylic acids is 1. The number of para-hydroxylation sites is 1. The van der Waals surface area contributed by atoms with Crippen LogP contribution in [-0.2, 0) is 11.2 Å². The summed E-state index contributed by atoms with van der Waals surface area (Å²) in [6.07, 6.45) is 0.854. The first kappa shape index (κ1) is 17.7. The maximum Gasteiger partial charge on any atom is 0.243 e. The van der Waals surface area contributed by atoms with E-state index in [1.54, 1.807) is 19.2 Å². The fourth-order valence-electron chi connectivity index (χ4n) is 2.73. The molecule has 7 heteroatoms. The Morgan fingerprint density at radius 1 is 1.23 bits per heavy atom. The van der Waals surface area contributed by atoms with Crippen molar-refractivity contribution in [2.24, 2.45) is 4.99 Å². The van der Waals surface area contributed by atoms with Crippen LogP contribution in [0.15, 0.2) is 53.5 Å². The van der Waals surface area contributed by atoms with Gasteiger partial charge in [0.15, 0.2) is 5.96 Å². The van der Waals surface area contributed by atoms with Crippen molar-refractivity contribution < 1.29 is 13.9 Å². The number of fused-ring (bicyclic) bond motifs is 1. The number of ether oxygens (including phenoxy) is 1. The van der Waals surface area contributed by atoms with Crippen molar-refractivity contribution in [3.05, 3.63) is 59.9 Å². The largest absolute Gasteiger partial charge is 0.488 e. The first-order valence-electron chi connectivity index (χ1n) is 8.38. The van der Waals surface area contributed by atoms with Gasteiger partial charge in [-0.1, -0.05) is 24.3 Å². The van der Waals surface area contributed by atoms with Crippen molar-refractivity contribution >= 4 is 17.6 Å². The van der Waals surface area contributed by atoms with Crippen LogP contribution in [0.2, 0.25) is 0 Å². The molecule has 3 N–H and O–H groups in total. The lowest BCUT2D eigenvalue weighted by Crippen LogP contribution is -2.44. The molecule has 1 heterocycles. The molecule has 0 aliphatic carbocycles. The number of hydrogen-bond acceptors (Lipinski definition) is 3. The molecular formula is C19H21FN4O2. The Labute approximate surface area is 151 Å². The molecule has 0 aromatic heterocycles. The van der Waals surface area contributed by atoms with Gasteiger partial charge in [0, 0.05) is 19.2 Å². The van der Waals surface area contributed by atoms with Gasteiger partial charge in [-0.25, -0.2) is 4.39 Å². The van der Waals surface area contributed by atoms with E-state index in [2.05, 4.69) is 27.0 Å². The van der Waals surface area contributed by atoms with E-state index in [0.717, 1.165) is 12.2 Å². The van der Waals surface area contributed by atoms with Gasteiger partial charge >= 0.3 is 0 Å². The SMILES string of the molecule is CN=C(NCC(=O)Nc1cccc(F)c1)NCC1Cc2ccccc2O1. The highest BCUT2D eigenvalue weighted by Gasteiger charge is 2.22. The molecule has 0 bridgehead atoms. The maximum absolute atomic E-state index is 13.1. The van der Waals surface area contributed by atoms with E-state index in [1.807, 2.05) is 18.2 Å². The topological polar surface area (TPSA) is 74.8 Å². The number of rotatable bonds is 5. The highest BCUT2D eigenvalue weighted by atomic mass is 19.1. The summed E-state index contributed by atoms with van der Waals surface area (Å²) in [5, 5.41) is 8.70. The van der Waals surface area contributed by atoms with E-state index in [4.69, 9.17) is 4.74 Å². The molecule has 0 saturated heterocycles. The number of carbonyl (C=O) groups is 1. The minimum atomic E-state index is -0.397. The fraction of sp³-hybridized carbons (Fsp3) is 0.263. The molecule has 26 heavy (non-hydrogen) atoms. The Morgan fingerprint density at radius 2 is 2.08 bits per heavy atom. The molecule has 2 aromatic carbocycles. The number of hydrogen-bond donors (Lipinski definition) is 3. The molecule has 2 aromatic rings. The van der Waals surface area contributed by atoms with Crippen LogP contribution in [-0.4, -0.2) is 38.1 Å². The van der Waals surface area contributed by atoms with Gasteiger partial charge in [0.25, 0.3) is 0 Å². The number of benzene rings is 2. The zero-order valence-corrected chi connectivity index (χ0v) is 14.5. The zero-order chi connectivity index (χ0) is 18.4. The highest BCUT2D eigenvalue weighted by Crippen LogP contribution is 2.27. The van der Waals surface area contributed by atoms with Crippen LogP contribution in [0, 0.1) is 5.82 Å². The molecule has 0 radical (unpaired) electrons. The van der Waals surface area contributed by atoms with Gasteiger partial charge in [0.05, 0.1) is 13.1 Å². The van der Waals surface area contributed by atoms with Gasteiger partial charge in [-0.3, -0.25) is 9.79 Å². The van der Waals surface area contributed by atoms with Gasteiger partial charge in [-0.05, 0) is 29.8 Å². The molecule has 1 atom stereocenters. The van der Waals surface area contributed by atoms with Crippen molar-refractivity contribution in [2.75, 3.05) is 25.5 Å². The summed E-state index contributed by atoms with van der Waals surface area (Å²) in [5.74, 6) is 0.726. The van der Waals surface area contributed by atoms with Crippen LogP contribution in [0.4, 0.5) is 10.1 Å². The monoisotopic (exact) mass is 356 g/mol. The second kappa shape index (κ2) is 8.33. The zero-order valence-electron chi connectivity index (χ0n) is 14.5. The third-order valence-electron chi connectivity index (χ3n) is 3.96. The summed E-state index contributed by atoms with van der Waals surface area (Å²) in [6.45, 7) is 0.585. The minimum Gasteiger partial charge on any atom is -0.488 e. The van der Waals surface area contributed by atoms with Gasteiger partial charge in [-0.15, -0.1) is 0 Å². The number of halogens is 1. The van der Waals surface area contributed by atoms with Crippen LogP contribution in [0.25, 0.3) is 0 Å². The molecule has 6 nitrogen and oxygen atoms in total. The molecule has 1 aliphatic rings.